The molecule has 29 heavy (non-hydrogen) atoms. The summed E-state index contributed by atoms with van der Waals surface area (Å²) in [7, 11) is 3.19. The normalized spacial score (nSPS) is 16.1. The fraction of sp³-hybridized carbons (Fsp3) is 0.304. The first-order valence-electron chi connectivity index (χ1n) is 9.71. The van der Waals surface area contributed by atoms with Crippen molar-refractivity contribution in [3.05, 3.63) is 59.3 Å². The van der Waals surface area contributed by atoms with E-state index < -0.39 is 0 Å². The molecule has 6 heteroatoms. The van der Waals surface area contributed by atoms with Crippen molar-refractivity contribution < 1.29 is 19.1 Å². The second-order valence-corrected chi connectivity index (χ2v) is 7.24. The lowest BCUT2D eigenvalue weighted by Crippen LogP contribution is -2.26. The number of hydrogen-bond acceptors (Lipinski definition) is 4. The first-order valence-corrected chi connectivity index (χ1v) is 9.71. The monoisotopic (exact) mass is 392 g/mol. The Morgan fingerprint density at radius 1 is 0.966 bits per heavy atom. The Hall–Kier alpha value is -3.28. The molecule has 0 unspecified atom stereocenters. The molecule has 1 fully saturated rings. The van der Waals surface area contributed by atoms with Gasteiger partial charge in [0.15, 0.2) is 11.5 Å². The first kappa shape index (κ1) is 19.1. The minimum absolute atomic E-state index is 0.0195. The van der Waals surface area contributed by atoms with Crippen LogP contribution in [-0.4, -0.2) is 37.5 Å². The summed E-state index contributed by atoms with van der Waals surface area (Å²) in [5, 5.41) is 0. The van der Waals surface area contributed by atoms with E-state index in [1.807, 2.05) is 53.6 Å². The quantitative estimate of drug-likeness (QED) is 0.783. The highest BCUT2D eigenvalue weighted by molar-refractivity contribution is 5.95. The van der Waals surface area contributed by atoms with Crippen LogP contribution in [0.1, 0.15) is 29.5 Å². The molecule has 0 atom stereocenters. The van der Waals surface area contributed by atoms with Crippen molar-refractivity contribution in [3.8, 4) is 11.5 Å². The molecule has 2 aromatic rings. The van der Waals surface area contributed by atoms with Gasteiger partial charge in [-0.2, -0.15) is 0 Å². The van der Waals surface area contributed by atoms with Gasteiger partial charge in [0.25, 0.3) is 0 Å². The fourth-order valence-corrected chi connectivity index (χ4v) is 3.80. The Kier molecular flexibility index (Phi) is 5.25. The molecule has 2 aliphatic rings. The maximum absolute atomic E-state index is 12.8. The van der Waals surface area contributed by atoms with Crippen LogP contribution in [0.2, 0.25) is 0 Å². The third-order valence-electron chi connectivity index (χ3n) is 5.42. The zero-order valence-corrected chi connectivity index (χ0v) is 16.7. The zero-order chi connectivity index (χ0) is 20.4. The van der Waals surface area contributed by atoms with Gasteiger partial charge in [0, 0.05) is 24.9 Å². The van der Waals surface area contributed by atoms with Crippen molar-refractivity contribution in [2.75, 3.05) is 25.7 Å². The van der Waals surface area contributed by atoms with Crippen molar-refractivity contribution >= 4 is 23.6 Å². The fourth-order valence-electron chi connectivity index (χ4n) is 3.80. The number of carbonyl (C=O) groups excluding carboxylic acids is 2. The molecular weight excluding hydrogens is 368 g/mol. The van der Waals surface area contributed by atoms with E-state index in [9.17, 15) is 9.59 Å². The molecule has 0 bridgehead atoms. The van der Waals surface area contributed by atoms with Crippen LogP contribution in [0, 0.1) is 0 Å². The van der Waals surface area contributed by atoms with Gasteiger partial charge in [0.1, 0.15) is 0 Å². The van der Waals surface area contributed by atoms with Crippen LogP contribution in [0.15, 0.2) is 42.6 Å². The Labute approximate surface area is 170 Å². The minimum Gasteiger partial charge on any atom is -0.493 e. The summed E-state index contributed by atoms with van der Waals surface area (Å²) in [5.41, 5.74) is 3.79. The Morgan fingerprint density at radius 3 is 2.34 bits per heavy atom. The summed E-state index contributed by atoms with van der Waals surface area (Å²) in [6.07, 6.45) is 5.56. The molecule has 0 N–H and O–H groups in total. The summed E-state index contributed by atoms with van der Waals surface area (Å²) in [6, 6.07) is 11.6. The SMILES string of the molecule is COc1cc2c(cc1OC)CC(=O)N(Cc1ccc(N3CCCC3=O)cc1)C=C2. The molecule has 150 valence electrons. The van der Waals surface area contributed by atoms with Crippen molar-refractivity contribution in [3.63, 3.8) is 0 Å². The molecule has 0 spiro atoms. The number of methoxy groups -OCH3 is 2. The molecule has 6 nitrogen and oxygen atoms in total. The maximum Gasteiger partial charge on any atom is 0.231 e. The third kappa shape index (κ3) is 3.83. The van der Waals surface area contributed by atoms with E-state index in [4.69, 9.17) is 9.47 Å². The first-order chi connectivity index (χ1) is 14.1. The number of anilines is 1. The lowest BCUT2D eigenvalue weighted by molar-refractivity contribution is -0.128. The summed E-state index contributed by atoms with van der Waals surface area (Å²) < 4.78 is 10.7. The Morgan fingerprint density at radius 2 is 1.69 bits per heavy atom. The van der Waals surface area contributed by atoms with Crippen molar-refractivity contribution in [1.29, 1.82) is 0 Å². The van der Waals surface area contributed by atoms with Crippen LogP contribution < -0.4 is 14.4 Å². The van der Waals surface area contributed by atoms with Crippen LogP contribution >= 0.6 is 0 Å². The van der Waals surface area contributed by atoms with E-state index in [1.165, 1.54) is 0 Å². The van der Waals surface area contributed by atoms with Crippen LogP contribution in [0.5, 0.6) is 11.5 Å². The van der Waals surface area contributed by atoms with Gasteiger partial charge < -0.3 is 19.3 Å². The van der Waals surface area contributed by atoms with Crippen molar-refractivity contribution in [2.24, 2.45) is 0 Å². The lowest BCUT2D eigenvalue weighted by atomic mass is 10.0. The average molecular weight is 392 g/mol. The smallest absolute Gasteiger partial charge is 0.231 e. The molecule has 4 rings (SSSR count). The largest absolute Gasteiger partial charge is 0.493 e. The number of hydrogen-bond donors (Lipinski definition) is 0. The van der Waals surface area contributed by atoms with Crippen LogP contribution in [-0.2, 0) is 22.6 Å². The molecule has 2 heterocycles. The van der Waals surface area contributed by atoms with Crippen LogP contribution in [0.4, 0.5) is 5.69 Å². The second kappa shape index (κ2) is 7.99. The molecule has 0 aromatic heterocycles. The summed E-state index contributed by atoms with van der Waals surface area (Å²) in [5.74, 6) is 1.45. The third-order valence-corrected chi connectivity index (χ3v) is 5.42. The van der Waals surface area contributed by atoms with Crippen LogP contribution in [0.3, 0.4) is 0 Å². The maximum atomic E-state index is 12.8. The molecular formula is C23H24N2O4. The van der Waals surface area contributed by atoms with Gasteiger partial charge in [-0.15, -0.1) is 0 Å². The highest BCUT2D eigenvalue weighted by Crippen LogP contribution is 2.33. The van der Waals surface area contributed by atoms with Gasteiger partial charge in [-0.1, -0.05) is 12.1 Å². The minimum atomic E-state index is 0.0195. The lowest BCUT2D eigenvalue weighted by Gasteiger charge is -2.19. The molecule has 0 aliphatic carbocycles. The number of fused-ring (bicyclic) bond motifs is 1. The van der Waals surface area contributed by atoms with E-state index in [-0.39, 0.29) is 11.8 Å². The molecule has 1 saturated heterocycles. The number of carbonyl (C=O) groups is 2. The summed E-state index contributed by atoms with van der Waals surface area (Å²) in [4.78, 5) is 28.2. The van der Waals surface area contributed by atoms with E-state index >= 15 is 0 Å². The Bertz CT molecular complexity index is 966. The summed E-state index contributed by atoms with van der Waals surface area (Å²) in [6.45, 7) is 1.25. The van der Waals surface area contributed by atoms with E-state index in [0.717, 1.165) is 35.3 Å². The van der Waals surface area contributed by atoms with Crippen molar-refractivity contribution in [2.45, 2.75) is 25.8 Å². The Balaban J connectivity index is 1.51. The van der Waals surface area contributed by atoms with Gasteiger partial charge in [0.05, 0.1) is 27.2 Å². The predicted molar refractivity (Wildman–Crippen MR) is 111 cm³/mol. The van der Waals surface area contributed by atoms with Gasteiger partial charge in [-0.25, -0.2) is 0 Å². The molecule has 2 aliphatic heterocycles. The summed E-state index contributed by atoms with van der Waals surface area (Å²) >= 11 is 0. The molecule has 0 radical (unpaired) electrons. The molecule has 0 saturated carbocycles. The average Bonchev–Trinajstić information content (AvgIpc) is 3.10. The van der Waals surface area contributed by atoms with Gasteiger partial charge in [-0.05, 0) is 53.5 Å². The number of amides is 2. The number of benzene rings is 2. The highest BCUT2D eigenvalue weighted by Gasteiger charge is 2.22. The van der Waals surface area contributed by atoms with Gasteiger partial charge in [-0.3, -0.25) is 9.59 Å². The zero-order valence-electron chi connectivity index (χ0n) is 16.7. The van der Waals surface area contributed by atoms with E-state index in [2.05, 4.69) is 0 Å². The topological polar surface area (TPSA) is 59.1 Å². The number of ether oxygens (including phenoxy) is 2. The highest BCUT2D eigenvalue weighted by atomic mass is 16.5. The van der Waals surface area contributed by atoms with E-state index in [1.54, 1.807) is 19.1 Å². The number of nitrogens with zero attached hydrogens (tertiary/aromatic N) is 2. The standard InChI is InChI=1S/C23H24N2O4/c1-28-20-12-17-9-11-24(23(27)14-18(17)13-21(20)29-2)15-16-5-7-19(8-6-16)25-10-3-4-22(25)26/h5-9,11-13H,3-4,10,14-15H2,1-2H3. The number of rotatable bonds is 5. The van der Waals surface area contributed by atoms with Crippen LogP contribution in [0.25, 0.3) is 6.08 Å². The van der Waals surface area contributed by atoms with E-state index in [0.29, 0.717) is 30.9 Å². The van der Waals surface area contributed by atoms with Gasteiger partial charge in [0.2, 0.25) is 11.8 Å². The second-order valence-electron chi connectivity index (χ2n) is 7.24. The molecule has 2 amide bonds. The van der Waals surface area contributed by atoms with Crippen molar-refractivity contribution in [1.82, 2.24) is 4.90 Å². The van der Waals surface area contributed by atoms with Gasteiger partial charge >= 0.3 is 0 Å². The molecule has 2 aromatic carbocycles. The predicted octanol–water partition coefficient (Wildman–Crippen LogP) is 3.39.